The predicted octanol–water partition coefficient (Wildman–Crippen LogP) is 4.63. The number of methoxy groups -OCH3 is 1. The number of fused-ring (bicyclic) bond motifs is 1. The average molecular weight is 450 g/mol. The van der Waals surface area contributed by atoms with Gasteiger partial charge in [-0.3, -0.25) is 0 Å². The van der Waals surface area contributed by atoms with Crippen molar-refractivity contribution in [2.45, 2.75) is 55.1 Å². The standard InChI is InChI=1S/C22H24ClNO5S/c1-28-21(25)17-13-15(9-10-18(17)23)30(26,27)24-19-14-22(11-5-2-6-12-22)29-20-8-4-3-7-16(19)20/h3-4,7-10,13,19,24H,2,5-6,11-12,14H2,1H3/t19-/m0/s1. The smallest absolute Gasteiger partial charge is 0.339 e. The normalized spacial score (nSPS) is 20.3. The molecule has 0 aromatic heterocycles. The lowest BCUT2D eigenvalue weighted by atomic mass is 9.77. The number of hydrogen-bond acceptors (Lipinski definition) is 5. The summed E-state index contributed by atoms with van der Waals surface area (Å²) in [6.07, 6.45) is 5.70. The van der Waals surface area contributed by atoms with Gasteiger partial charge < -0.3 is 9.47 Å². The number of sulfonamides is 1. The molecular formula is C22H24ClNO5S. The van der Waals surface area contributed by atoms with Crippen LogP contribution in [0.5, 0.6) is 5.75 Å². The van der Waals surface area contributed by atoms with Gasteiger partial charge in [-0.15, -0.1) is 0 Å². The molecular weight excluding hydrogens is 426 g/mol. The molecule has 1 atom stereocenters. The third-order valence-electron chi connectivity index (χ3n) is 5.91. The van der Waals surface area contributed by atoms with Crippen molar-refractivity contribution in [2.24, 2.45) is 0 Å². The van der Waals surface area contributed by atoms with Gasteiger partial charge in [-0.2, -0.15) is 0 Å². The van der Waals surface area contributed by atoms with Gasteiger partial charge in [0.25, 0.3) is 0 Å². The summed E-state index contributed by atoms with van der Waals surface area (Å²) in [6, 6.07) is 11.2. The van der Waals surface area contributed by atoms with Crippen LogP contribution in [0.15, 0.2) is 47.4 Å². The van der Waals surface area contributed by atoms with E-state index in [-0.39, 0.29) is 21.1 Å². The Labute approximate surface area is 181 Å². The number of rotatable bonds is 4. The van der Waals surface area contributed by atoms with Crippen molar-refractivity contribution in [3.05, 3.63) is 58.6 Å². The van der Waals surface area contributed by atoms with Crippen molar-refractivity contribution in [1.29, 1.82) is 0 Å². The Bertz CT molecular complexity index is 1060. The third-order valence-corrected chi connectivity index (χ3v) is 7.71. The maximum Gasteiger partial charge on any atom is 0.339 e. The van der Waals surface area contributed by atoms with Gasteiger partial charge in [0.2, 0.25) is 10.0 Å². The minimum atomic E-state index is -3.91. The molecule has 1 aliphatic carbocycles. The van der Waals surface area contributed by atoms with E-state index in [1.54, 1.807) is 0 Å². The zero-order valence-electron chi connectivity index (χ0n) is 16.7. The third kappa shape index (κ3) is 4.06. The van der Waals surface area contributed by atoms with E-state index in [1.165, 1.54) is 31.7 Å². The summed E-state index contributed by atoms with van der Waals surface area (Å²) in [5, 5.41) is 0.137. The summed E-state index contributed by atoms with van der Waals surface area (Å²) in [5.74, 6) is 0.0410. The highest BCUT2D eigenvalue weighted by molar-refractivity contribution is 7.89. The van der Waals surface area contributed by atoms with Crippen LogP contribution in [0.3, 0.4) is 0 Å². The van der Waals surface area contributed by atoms with Crippen molar-refractivity contribution < 1.29 is 22.7 Å². The Balaban J connectivity index is 1.68. The van der Waals surface area contributed by atoms with Gasteiger partial charge in [0.15, 0.2) is 0 Å². The first kappa shape index (κ1) is 21.2. The maximum atomic E-state index is 13.2. The second-order valence-electron chi connectivity index (χ2n) is 7.89. The summed E-state index contributed by atoms with van der Waals surface area (Å²) in [4.78, 5) is 11.9. The molecule has 2 aliphatic rings. The lowest BCUT2D eigenvalue weighted by Gasteiger charge is -2.44. The Kier molecular flexibility index (Phi) is 5.79. The fourth-order valence-corrected chi connectivity index (χ4v) is 5.85. The van der Waals surface area contributed by atoms with E-state index in [1.807, 2.05) is 24.3 Å². The molecule has 8 heteroatoms. The van der Waals surface area contributed by atoms with Crippen molar-refractivity contribution >= 4 is 27.6 Å². The molecule has 160 valence electrons. The number of nitrogens with one attached hydrogen (secondary N) is 1. The largest absolute Gasteiger partial charge is 0.487 e. The minimum Gasteiger partial charge on any atom is -0.487 e. The SMILES string of the molecule is COC(=O)c1cc(S(=O)(=O)N[C@H]2CC3(CCCCC3)Oc3ccccc32)ccc1Cl. The molecule has 4 rings (SSSR count). The Morgan fingerprint density at radius 1 is 1.17 bits per heavy atom. The van der Waals surface area contributed by atoms with E-state index in [9.17, 15) is 13.2 Å². The molecule has 1 spiro atoms. The van der Waals surface area contributed by atoms with E-state index in [2.05, 4.69) is 4.72 Å². The second kappa shape index (κ2) is 8.21. The number of esters is 1. The van der Waals surface area contributed by atoms with Crippen molar-refractivity contribution in [1.82, 2.24) is 4.72 Å². The number of hydrogen-bond donors (Lipinski definition) is 1. The average Bonchev–Trinajstić information content (AvgIpc) is 2.73. The number of carbonyl (C=O) groups excluding carboxylic acids is 1. The molecule has 0 bridgehead atoms. The van der Waals surface area contributed by atoms with Gasteiger partial charge in [0, 0.05) is 12.0 Å². The number of halogens is 1. The molecule has 1 heterocycles. The maximum absolute atomic E-state index is 13.2. The number of carbonyl (C=O) groups is 1. The van der Waals surface area contributed by atoms with Crippen LogP contribution in [0.25, 0.3) is 0 Å². The van der Waals surface area contributed by atoms with E-state index >= 15 is 0 Å². The quantitative estimate of drug-likeness (QED) is 0.688. The Morgan fingerprint density at radius 2 is 1.90 bits per heavy atom. The van der Waals surface area contributed by atoms with Crippen LogP contribution >= 0.6 is 11.6 Å². The molecule has 1 N–H and O–H groups in total. The van der Waals surface area contributed by atoms with E-state index in [4.69, 9.17) is 21.1 Å². The number of para-hydroxylation sites is 1. The first-order valence-electron chi connectivity index (χ1n) is 10.0. The molecule has 2 aromatic rings. The molecule has 0 amide bonds. The summed E-state index contributed by atoms with van der Waals surface area (Å²) in [7, 11) is -2.69. The van der Waals surface area contributed by atoms with Crippen LogP contribution in [0.2, 0.25) is 5.02 Å². The van der Waals surface area contributed by atoms with Crippen LogP contribution in [0.1, 0.15) is 60.5 Å². The topological polar surface area (TPSA) is 81.7 Å². The van der Waals surface area contributed by atoms with Crippen LogP contribution in [0, 0.1) is 0 Å². The summed E-state index contributed by atoms with van der Waals surface area (Å²) >= 11 is 6.04. The minimum absolute atomic E-state index is 0.0122. The van der Waals surface area contributed by atoms with E-state index in [0.29, 0.717) is 6.42 Å². The highest BCUT2D eigenvalue weighted by atomic mass is 35.5. The van der Waals surface area contributed by atoms with Crippen LogP contribution in [0.4, 0.5) is 0 Å². The van der Waals surface area contributed by atoms with E-state index < -0.39 is 22.0 Å². The van der Waals surface area contributed by atoms with Crippen LogP contribution < -0.4 is 9.46 Å². The Morgan fingerprint density at radius 3 is 2.63 bits per heavy atom. The summed E-state index contributed by atoms with van der Waals surface area (Å²) < 4.78 is 40.3. The fraction of sp³-hybridized carbons (Fsp3) is 0.409. The molecule has 0 radical (unpaired) electrons. The number of benzene rings is 2. The van der Waals surface area contributed by atoms with Crippen molar-refractivity contribution in [3.8, 4) is 5.75 Å². The molecule has 1 saturated carbocycles. The molecule has 0 saturated heterocycles. The number of ether oxygens (including phenoxy) is 2. The fourth-order valence-electron chi connectivity index (χ4n) is 4.42. The highest BCUT2D eigenvalue weighted by Gasteiger charge is 2.43. The van der Waals surface area contributed by atoms with Crippen LogP contribution in [-0.2, 0) is 14.8 Å². The summed E-state index contributed by atoms with van der Waals surface area (Å²) in [5.41, 5.74) is 0.481. The van der Waals surface area contributed by atoms with Crippen molar-refractivity contribution in [2.75, 3.05) is 7.11 Å². The van der Waals surface area contributed by atoms with Crippen molar-refractivity contribution in [3.63, 3.8) is 0 Å². The Hall–Kier alpha value is -2.09. The van der Waals surface area contributed by atoms with Gasteiger partial charge in [-0.25, -0.2) is 17.9 Å². The van der Waals surface area contributed by atoms with Gasteiger partial charge >= 0.3 is 5.97 Å². The highest BCUT2D eigenvalue weighted by Crippen LogP contribution is 2.46. The van der Waals surface area contributed by atoms with Gasteiger partial charge in [0.1, 0.15) is 11.4 Å². The molecule has 6 nitrogen and oxygen atoms in total. The molecule has 30 heavy (non-hydrogen) atoms. The lowest BCUT2D eigenvalue weighted by Crippen LogP contribution is -2.46. The lowest BCUT2D eigenvalue weighted by molar-refractivity contribution is 0.0000722. The second-order valence-corrected chi connectivity index (χ2v) is 10.0. The zero-order valence-corrected chi connectivity index (χ0v) is 18.3. The first-order chi connectivity index (χ1) is 14.3. The van der Waals surface area contributed by atoms with Crippen LogP contribution in [-0.4, -0.2) is 27.1 Å². The monoisotopic (exact) mass is 449 g/mol. The molecule has 1 fully saturated rings. The summed E-state index contributed by atoms with van der Waals surface area (Å²) in [6.45, 7) is 0. The molecule has 1 aliphatic heterocycles. The predicted molar refractivity (Wildman–Crippen MR) is 113 cm³/mol. The van der Waals surface area contributed by atoms with Gasteiger partial charge in [0.05, 0.1) is 28.6 Å². The van der Waals surface area contributed by atoms with Gasteiger partial charge in [-0.1, -0.05) is 36.2 Å². The first-order valence-corrected chi connectivity index (χ1v) is 11.9. The molecule has 2 aromatic carbocycles. The van der Waals surface area contributed by atoms with Gasteiger partial charge in [-0.05, 0) is 49.9 Å². The zero-order chi connectivity index (χ0) is 21.4. The van der Waals surface area contributed by atoms with E-state index in [0.717, 1.165) is 37.0 Å². The molecule has 0 unspecified atom stereocenters.